The van der Waals surface area contributed by atoms with Crippen LogP contribution in [0.1, 0.15) is 32.4 Å². The molecular formula is C13H21N3O4. The van der Waals surface area contributed by atoms with E-state index < -0.39 is 12.0 Å². The van der Waals surface area contributed by atoms with Gasteiger partial charge in [0.25, 0.3) is 0 Å². The Hall–Kier alpha value is -2.05. The average Bonchev–Trinajstić information content (AvgIpc) is 2.82. The molecule has 0 bridgehead atoms. The molecule has 0 saturated carbocycles. The molecule has 0 atom stereocenters. The second kappa shape index (κ2) is 7.52. The number of carboxylic acids is 1. The molecule has 112 valence electrons. The zero-order valence-electron chi connectivity index (χ0n) is 12.0. The quantitative estimate of drug-likeness (QED) is 0.790. The predicted molar refractivity (Wildman–Crippen MR) is 72.2 cm³/mol. The molecule has 1 aromatic heterocycles. The molecule has 0 saturated heterocycles. The molecule has 0 aliphatic carbocycles. The minimum absolute atomic E-state index is 0.146. The molecule has 1 aromatic rings. The monoisotopic (exact) mass is 283 g/mol. The van der Waals surface area contributed by atoms with Crippen molar-refractivity contribution < 1.29 is 19.1 Å². The third-order valence-electron chi connectivity index (χ3n) is 2.54. The third kappa shape index (κ3) is 5.29. The molecule has 0 aromatic carbocycles. The number of nitrogens with one attached hydrogen (secondary N) is 1. The van der Waals surface area contributed by atoms with E-state index in [2.05, 4.69) is 10.3 Å². The van der Waals surface area contributed by atoms with E-state index in [0.717, 1.165) is 12.2 Å². The van der Waals surface area contributed by atoms with Crippen LogP contribution in [0.2, 0.25) is 0 Å². The van der Waals surface area contributed by atoms with Gasteiger partial charge in [-0.05, 0) is 5.92 Å². The fourth-order valence-corrected chi connectivity index (χ4v) is 1.68. The number of carbonyl (C=O) groups is 2. The van der Waals surface area contributed by atoms with Gasteiger partial charge in [0, 0.05) is 13.0 Å². The highest BCUT2D eigenvalue weighted by Crippen LogP contribution is 2.04. The molecule has 2 amide bonds. The van der Waals surface area contributed by atoms with Gasteiger partial charge in [-0.1, -0.05) is 20.8 Å². The summed E-state index contributed by atoms with van der Waals surface area (Å²) in [5.41, 5.74) is 0. The Morgan fingerprint density at radius 2 is 2.20 bits per heavy atom. The maximum absolute atomic E-state index is 11.9. The minimum atomic E-state index is -1.04. The molecule has 1 heterocycles. The van der Waals surface area contributed by atoms with Gasteiger partial charge < -0.3 is 19.7 Å². The highest BCUT2D eigenvalue weighted by molar-refractivity contribution is 5.80. The van der Waals surface area contributed by atoms with Crippen molar-refractivity contribution >= 4 is 12.0 Å². The van der Waals surface area contributed by atoms with Crippen LogP contribution in [0.15, 0.2) is 10.6 Å². The number of rotatable bonds is 7. The van der Waals surface area contributed by atoms with E-state index in [9.17, 15) is 9.59 Å². The van der Waals surface area contributed by atoms with Crippen LogP contribution in [-0.4, -0.2) is 40.1 Å². The Morgan fingerprint density at radius 3 is 2.70 bits per heavy atom. The topological polar surface area (TPSA) is 95.7 Å². The average molecular weight is 283 g/mol. The number of oxazole rings is 1. The maximum atomic E-state index is 11.9. The minimum Gasteiger partial charge on any atom is -0.480 e. The van der Waals surface area contributed by atoms with E-state index in [1.54, 1.807) is 6.20 Å². The van der Waals surface area contributed by atoms with Crippen LogP contribution in [0.25, 0.3) is 0 Å². The Morgan fingerprint density at radius 1 is 1.50 bits per heavy atom. The third-order valence-corrected chi connectivity index (χ3v) is 2.54. The van der Waals surface area contributed by atoms with Gasteiger partial charge >= 0.3 is 12.0 Å². The maximum Gasteiger partial charge on any atom is 0.323 e. The first-order chi connectivity index (χ1) is 9.42. The van der Waals surface area contributed by atoms with Crippen molar-refractivity contribution in [3.8, 4) is 0 Å². The number of aromatic nitrogens is 1. The highest BCUT2D eigenvalue weighted by Gasteiger charge is 2.18. The molecule has 20 heavy (non-hydrogen) atoms. The van der Waals surface area contributed by atoms with Crippen LogP contribution in [0.3, 0.4) is 0 Å². The molecule has 0 aliphatic heterocycles. The number of carbonyl (C=O) groups excluding carboxylic acids is 1. The smallest absolute Gasteiger partial charge is 0.323 e. The number of amides is 2. The Balaban J connectivity index is 2.54. The van der Waals surface area contributed by atoms with Crippen LogP contribution >= 0.6 is 0 Å². The summed E-state index contributed by atoms with van der Waals surface area (Å²) in [7, 11) is 0. The lowest BCUT2D eigenvalue weighted by molar-refractivity contribution is -0.137. The van der Waals surface area contributed by atoms with Gasteiger partial charge in [-0.3, -0.25) is 4.79 Å². The summed E-state index contributed by atoms with van der Waals surface area (Å²) in [4.78, 5) is 28.0. The molecule has 0 aliphatic rings. The number of urea groups is 1. The zero-order chi connectivity index (χ0) is 15.1. The first-order valence-electron chi connectivity index (χ1n) is 6.60. The lowest BCUT2D eigenvalue weighted by Gasteiger charge is -2.22. The number of hydrogen-bond acceptors (Lipinski definition) is 4. The second-order valence-electron chi connectivity index (χ2n) is 4.90. The molecular weight excluding hydrogens is 262 g/mol. The van der Waals surface area contributed by atoms with Crippen molar-refractivity contribution in [3.05, 3.63) is 17.8 Å². The van der Waals surface area contributed by atoms with Crippen LogP contribution in [0, 0.1) is 5.92 Å². The summed E-state index contributed by atoms with van der Waals surface area (Å²) < 4.78 is 5.36. The van der Waals surface area contributed by atoms with Gasteiger partial charge in [-0.2, -0.15) is 0 Å². The number of hydrogen-bond donors (Lipinski definition) is 2. The van der Waals surface area contributed by atoms with E-state index in [0.29, 0.717) is 12.4 Å². The first-order valence-corrected chi connectivity index (χ1v) is 6.60. The van der Waals surface area contributed by atoms with E-state index in [1.807, 2.05) is 20.8 Å². The molecule has 0 fully saturated rings. The number of aryl methyl sites for hydroxylation is 1. The predicted octanol–water partition coefficient (Wildman–Crippen LogP) is 1.49. The standard InChI is InChI=1S/C13H21N3O4/c1-4-10-5-14-11(20-10)6-15-13(19)16(7-9(2)3)8-12(17)18/h5,9H,4,6-8H2,1-3H3,(H,15,19)(H,17,18). The van der Waals surface area contributed by atoms with Crippen molar-refractivity contribution in [2.45, 2.75) is 33.7 Å². The van der Waals surface area contributed by atoms with E-state index in [1.165, 1.54) is 4.90 Å². The lowest BCUT2D eigenvalue weighted by atomic mass is 10.2. The van der Waals surface area contributed by atoms with Gasteiger partial charge in [-0.25, -0.2) is 9.78 Å². The number of carboxylic acid groups (broad SMARTS) is 1. The van der Waals surface area contributed by atoms with Crippen molar-refractivity contribution in [1.82, 2.24) is 15.2 Å². The van der Waals surface area contributed by atoms with E-state index >= 15 is 0 Å². The van der Waals surface area contributed by atoms with Crippen LogP contribution < -0.4 is 5.32 Å². The van der Waals surface area contributed by atoms with Gasteiger partial charge in [-0.15, -0.1) is 0 Å². The number of nitrogens with zero attached hydrogens (tertiary/aromatic N) is 2. The molecule has 0 unspecified atom stereocenters. The number of aliphatic carboxylic acids is 1. The Kier molecular flexibility index (Phi) is 6.02. The molecule has 2 N–H and O–H groups in total. The van der Waals surface area contributed by atoms with Gasteiger partial charge in [0.1, 0.15) is 12.3 Å². The van der Waals surface area contributed by atoms with Crippen molar-refractivity contribution in [3.63, 3.8) is 0 Å². The van der Waals surface area contributed by atoms with Crippen LogP contribution in [0.4, 0.5) is 4.79 Å². The normalized spacial score (nSPS) is 10.6. The first kappa shape index (κ1) is 16.0. The van der Waals surface area contributed by atoms with Gasteiger partial charge in [0.15, 0.2) is 0 Å². The summed E-state index contributed by atoms with van der Waals surface area (Å²) in [6, 6.07) is -0.433. The van der Waals surface area contributed by atoms with E-state index in [4.69, 9.17) is 9.52 Å². The molecule has 0 spiro atoms. The Labute approximate surface area is 118 Å². The molecule has 7 nitrogen and oxygen atoms in total. The molecule has 7 heteroatoms. The van der Waals surface area contributed by atoms with Gasteiger partial charge in [0.05, 0.1) is 12.7 Å². The van der Waals surface area contributed by atoms with E-state index in [-0.39, 0.29) is 19.0 Å². The summed E-state index contributed by atoms with van der Waals surface area (Å²) in [5.74, 6) is 0.313. The second-order valence-corrected chi connectivity index (χ2v) is 4.90. The largest absolute Gasteiger partial charge is 0.480 e. The lowest BCUT2D eigenvalue weighted by Crippen LogP contribution is -2.44. The summed E-state index contributed by atoms with van der Waals surface area (Å²) >= 11 is 0. The summed E-state index contributed by atoms with van der Waals surface area (Å²) in [6.45, 7) is 5.99. The molecule has 0 radical (unpaired) electrons. The van der Waals surface area contributed by atoms with Crippen molar-refractivity contribution in [1.29, 1.82) is 0 Å². The zero-order valence-corrected chi connectivity index (χ0v) is 12.0. The summed E-state index contributed by atoms with van der Waals surface area (Å²) in [6.07, 6.45) is 2.35. The fourth-order valence-electron chi connectivity index (χ4n) is 1.68. The Bertz CT molecular complexity index is 456. The van der Waals surface area contributed by atoms with Crippen LogP contribution in [-0.2, 0) is 17.8 Å². The highest BCUT2D eigenvalue weighted by atomic mass is 16.4. The summed E-state index contributed by atoms with van der Waals surface area (Å²) in [5, 5.41) is 11.4. The SMILES string of the molecule is CCc1cnc(CNC(=O)N(CC(=O)O)CC(C)C)o1. The van der Waals surface area contributed by atoms with Crippen LogP contribution in [0.5, 0.6) is 0 Å². The van der Waals surface area contributed by atoms with Crippen molar-refractivity contribution in [2.75, 3.05) is 13.1 Å². The molecule has 1 rings (SSSR count). The van der Waals surface area contributed by atoms with Crippen molar-refractivity contribution in [2.24, 2.45) is 5.92 Å². The van der Waals surface area contributed by atoms with Gasteiger partial charge in [0.2, 0.25) is 5.89 Å². The fraction of sp³-hybridized carbons (Fsp3) is 0.615.